The van der Waals surface area contributed by atoms with Gasteiger partial charge in [-0.2, -0.15) is 0 Å². The van der Waals surface area contributed by atoms with Crippen LogP contribution in [0.1, 0.15) is 51.6 Å². The highest BCUT2D eigenvalue weighted by atomic mass is 32.2. The van der Waals surface area contributed by atoms with E-state index >= 15 is 0 Å². The predicted molar refractivity (Wildman–Crippen MR) is 90.8 cm³/mol. The Morgan fingerprint density at radius 2 is 2.09 bits per heavy atom. The minimum absolute atomic E-state index is 0.183. The van der Waals surface area contributed by atoms with Crippen molar-refractivity contribution in [3.05, 3.63) is 11.8 Å². The van der Waals surface area contributed by atoms with Gasteiger partial charge in [-0.3, -0.25) is 4.79 Å². The Kier molecular flexibility index (Phi) is 6.06. The lowest BCUT2D eigenvalue weighted by Gasteiger charge is -2.35. The zero-order chi connectivity index (χ0) is 16.1. The molecule has 0 bridgehead atoms. The summed E-state index contributed by atoms with van der Waals surface area (Å²) >= 11 is 1.39. The lowest BCUT2D eigenvalue weighted by atomic mass is 9.94. The van der Waals surface area contributed by atoms with Crippen molar-refractivity contribution < 1.29 is 4.79 Å². The molecular formula is C16H26N4OS. The number of rotatable bonds is 5. The Bertz CT molecular complexity index is 497. The van der Waals surface area contributed by atoms with E-state index in [2.05, 4.69) is 16.9 Å². The average Bonchev–Trinajstić information content (AvgIpc) is 2.47. The number of anilines is 1. The highest BCUT2D eigenvalue weighted by molar-refractivity contribution is 8.00. The summed E-state index contributed by atoms with van der Waals surface area (Å²) in [5, 5.41) is 0.390. The first-order chi connectivity index (χ1) is 10.5. The number of nitrogen functional groups attached to an aromatic ring is 1. The maximum atomic E-state index is 12.8. The molecule has 2 rings (SSSR count). The fraction of sp³-hybridized carbons (Fsp3) is 0.688. The Morgan fingerprint density at radius 1 is 1.41 bits per heavy atom. The van der Waals surface area contributed by atoms with Crippen LogP contribution in [0.15, 0.2) is 11.2 Å². The molecule has 0 saturated heterocycles. The van der Waals surface area contributed by atoms with Gasteiger partial charge < -0.3 is 10.6 Å². The highest BCUT2D eigenvalue weighted by Crippen LogP contribution is 2.27. The van der Waals surface area contributed by atoms with E-state index in [4.69, 9.17) is 5.73 Å². The molecule has 0 spiro atoms. The van der Waals surface area contributed by atoms with Gasteiger partial charge in [0, 0.05) is 24.3 Å². The lowest BCUT2D eigenvalue weighted by molar-refractivity contribution is -0.133. The number of nitrogens with two attached hydrogens (primary N) is 1. The normalized spacial score (nSPS) is 17.2. The maximum Gasteiger partial charge on any atom is 0.236 e. The minimum Gasteiger partial charge on any atom is -0.384 e. The van der Waals surface area contributed by atoms with E-state index in [-0.39, 0.29) is 11.2 Å². The number of aryl methyl sites for hydroxylation is 1. The van der Waals surface area contributed by atoms with Crippen LogP contribution in [0.2, 0.25) is 0 Å². The largest absolute Gasteiger partial charge is 0.384 e. The third-order valence-corrected chi connectivity index (χ3v) is 5.07. The second-order valence-corrected chi connectivity index (χ2v) is 7.20. The monoisotopic (exact) mass is 322 g/mol. The second kappa shape index (κ2) is 7.81. The van der Waals surface area contributed by atoms with Crippen LogP contribution in [0.4, 0.5) is 5.82 Å². The summed E-state index contributed by atoms with van der Waals surface area (Å²) in [6.45, 7) is 6.64. The van der Waals surface area contributed by atoms with Gasteiger partial charge in [0.25, 0.3) is 0 Å². The topological polar surface area (TPSA) is 72.1 Å². The van der Waals surface area contributed by atoms with Gasteiger partial charge in [-0.25, -0.2) is 9.97 Å². The Hall–Kier alpha value is -1.30. The van der Waals surface area contributed by atoms with E-state index in [1.54, 1.807) is 6.07 Å². The number of thioether (sulfide) groups is 1. The summed E-state index contributed by atoms with van der Waals surface area (Å²) in [5.74, 6) is 0.636. The van der Waals surface area contributed by atoms with Crippen molar-refractivity contribution in [3.63, 3.8) is 0 Å². The minimum atomic E-state index is -0.192. The quantitative estimate of drug-likeness (QED) is 0.666. The summed E-state index contributed by atoms with van der Waals surface area (Å²) in [4.78, 5) is 23.4. The first-order valence-electron chi connectivity index (χ1n) is 8.09. The molecule has 2 N–H and O–H groups in total. The molecule has 0 radical (unpaired) electrons. The molecule has 5 nitrogen and oxygen atoms in total. The molecule has 1 aromatic heterocycles. The lowest BCUT2D eigenvalue weighted by Crippen LogP contribution is -2.44. The molecule has 22 heavy (non-hydrogen) atoms. The summed E-state index contributed by atoms with van der Waals surface area (Å²) in [6, 6.07) is 2.13. The van der Waals surface area contributed by atoms with Crippen molar-refractivity contribution in [1.29, 1.82) is 0 Å². The van der Waals surface area contributed by atoms with E-state index in [0.717, 1.165) is 25.1 Å². The Labute approximate surface area is 137 Å². The van der Waals surface area contributed by atoms with Crippen LogP contribution in [0, 0.1) is 6.92 Å². The molecule has 6 heteroatoms. The number of aromatic nitrogens is 2. The zero-order valence-corrected chi connectivity index (χ0v) is 14.5. The van der Waals surface area contributed by atoms with Gasteiger partial charge in [-0.15, -0.1) is 0 Å². The van der Waals surface area contributed by atoms with E-state index in [1.807, 2.05) is 18.7 Å². The first-order valence-corrected chi connectivity index (χ1v) is 8.97. The third kappa shape index (κ3) is 4.35. The number of hydrogen-bond donors (Lipinski definition) is 1. The fourth-order valence-electron chi connectivity index (χ4n) is 3.05. The zero-order valence-electron chi connectivity index (χ0n) is 13.7. The van der Waals surface area contributed by atoms with E-state index in [0.29, 0.717) is 17.0 Å². The molecule has 1 aliphatic carbocycles. The molecule has 122 valence electrons. The van der Waals surface area contributed by atoms with E-state index in [1.165, 1.54) is 31.0 Å². The predicted octanol–water partition coefficient (Wildman–Crippen LogP) is 3.03. The third-order valence-electron chi connectivity index (χ3n) is 4.12. The van der Waals surface area contributed by atoms with Crippen molar-refractivity contribution in [2.75, 3.05) is 12.3 Å². The van der Waals surface area contributed by atoms with Crippen molar-refractivity contribution in [3.8, 4) is 0 Å². The summed E-state index contributed by atoms with van der Waals surface area (Å²) < 4.78 is 0. The smallest absolute Gasteiger partial charge is 0.236 e. The number of carbonyl (C=O) groups is 1. The van der Waals surface area contributed by atoms with Gasteiger partial charge in [-0.1, -0.05) is 31.0 Å². The number of amides is 1. The van der Waals surface area contributed by atoms with Crippen molar-refractivity contribution in [2.45, 2.75) is 69.3 Å². The van der Waals surface area contributed by atoms with Gasteiger partial charge in [0.1, 0.15) is 5.82 Å². The molecule has 1 amide bonds. The molecule has 1 saturated carbocycles. The second-order valence-electron chi connectivity index (χ2n) is 5.89. The fourth-order valence-corrected chi connectivity index (χ4v) is 3.95. The molecule has 1 heterocycles. The summed E-state index contributed by atoms with van der Waals surface area (Å²) in [7, 11) is 0. The molecular weight excluding hydrogens is 296 g/mol. The Balaban J connectivity index is 2.03. The first kappa shape index (κ1) is 17.1. The van der Waals surface area contributed by atoms with Crippen LogP contribution >= 0.6 is 11.8 Å². The van der Waals surface area contributed by atoms with Crippen LogP contribution in [0.25, 0.3) is 0 Å². The van der Waals surface area contributed by atoms with Crippen LogP contribution in [-0.2, 0) is 4.79 Å². The van der Waals surface area contributed by atoms with Gasteiger partial charge >= 0.3 is 0 Å². The van der Waals surface area contributed by atoms with Gasteiger partial charge in [-0.05, 0) is 33.6 Å². The molecule has 1 aromatic rings. The van der Waals surface area contributed by atoms with Crippen LogP contribution in [-0.4, -0.2) is 38.6 Å². The molecule has 0 aliphatic heterocycles. The molecule has 0 aromatic carbocycles. The van der Waals surface area contributed by atoms with Crippen LogP contribution in [0.5, 0.6) is 0 Å². The molecule has 1 atom stereocenters. The van der Waals surface area contributed by atoms with Gasteiger partial charge in [0.2, 0.25) is 5.91 Å². The van der Waals surface area contributed by atoms with Gasteiger partial charge in [0.05, 0.1) is 5.25 Å². The highest BCUT2D eigenvalue weighted by Gasteiger charge is 2.28. The Morgan fingerprint density at radius 3 is 2.68 bits per heavy atom. The standard InChI is InChI=1S/C16H26N4OS/c1-4-20(13-8-6-5-7-9-13)15(21)12(3)22-16-18-11(2)10-14(17)19-16/h10,12-13H,4-9H2,1-3H3,(H2,17,18,19). The molecule has 1 fully saturated rings. The maximum absolute atomic E-state index is 12.8. The van der Waals surface area contributed by atoms with Crippen molar-refractivity contribution in [1.82, 2.24) is 14.9 Å². The average molecular weight is 322 g/mol. The number of carbonyl (C=O) groups excluding carboxylic acids is 1. The number of hydrogen-bond acceptors (Lipinski definition) is 5. The summed E-state index contributed by atoms with van der Waals surface area (Å²) in [5.41, 5.74) is 6.58. The van der Waals surface area contributed by atoms with Gasteiger partial charge in [0.15, 0.2) is 5.16 Å². The van der Waals surface area contributed by atoms with E-state index in [9.17, 15) is 4.79 Å². The number of nitrogens with zero attached hydrogens (tertiary/aromatic N) is 3. The van der Waals surface area contributed by atoms with Crippen molar-refractivity contribution >= 4 is 23.5 Å². The van der Waals surface area contributed by atoms with Crippen molar-refractivity contribution in [2.24, 2.45) is 0 Å². The molecule has 1 aliphatic rings. The summed E-state index contributed by atoms with van der Waals surface area (Å²) in [6.07, 6.45) is 6.01. The van der Waals surface area contributed by atoms with Crippen LogP contribution in [0.3, 0.4) is 0 Å². The SMILES string of the molecule is CCN(C(=O)C(C)Sc1nc(C)cc(N)n1)C1CCCCC1. The van der Waals surface area contributed by atoms with E-state index < -0.39 is 0 Å². The molecule has 1 unspecified atom stereocenters. The van der Waals surface area contributed by atoms with Crippen LogP contribution < -0.4 is 5.73 Å².